The Morgan fingerprint density at radius 2 is 2.38 bits per heavy atom. The summed E-state index contributed by atoms with van der Waals surface area (Å²) in [4.78, 5) is 8.42. The smallest absolute Gasteiger partial charge is 0.159 e. The quantitative estimate of drug-likeness (QED) is 0.560. The van der Waals surface area contributed by atoms with Crippen molar-refractivity contribution in [2.24, 2.45) is 5.84 Å². The number of rotatable bonds is 4. The number of nitrogens with zero attached hydrogens (tertiary/aromatic N) is 4. The zero-order valence-electron chi connectivity index (χ0n) is 8.79. The van der Waals surface area contributed by atoms with E-state index in [4.69, 9.17) is 10.6 Å². The molecule has 0 saturated carbocycles. The molecule has 0 aromatic carbocycles. The normalized spacial score (nSPS) is 10.4. The third kappa shape index (κ3) is 2.15. The van der Waals surface area contributed by atoms with Crippen LogP contribution in [0.3, 0.4) is 0 Å². The number of hydrazine groups is 1. The summed E-state index contributed by atoms with van der Waals surface area (Å²) in [5.74, 6) is 7.03. The number of hydrogen-bond donors (Lipinski definition) is 2. The summed E-state index contributed by atoms with van der Waals surface area (Å²) in [6.07, 6.45) is 3.47. The van der Waals surface area contributed by atoms with Crippen LogP contribution in [-0.2, 0) is 11.3 Å². The maximum Gasteiger partial charge on any atom is 0.159 e. The van der Waals surface area contributed by atoms with Crippen molar-refractivity contribution in [3.63, 3.8) is 0 Å². The van der Waals surface area contributed by atoms with E-state index >= 15 is 0 Å². The van der Waals surface area contributed by atoms with Gasteiger partial charge >= 0.3 is 0 Å². The molecule has 2 aromatic heterocycles. The van der Waals surface area contributed by atoms with Crippen molar-refractivity contribution in [1.82, 2.24) is 19.7 Å². The first-order chi connectivity index (χ1) is 7.83. The molecule has 0 radical (unpaired) electrons. The van der Waals surface area contributed by atoms with Gasteiger partial charge in [-0.25, -0.2) is 20.5 Å². The van der Waals surface area contributed by atoms with E-state index in [1.807, 2.05) is 6.07 Å². The molecule has 0 aliphatic rings. The fourth-order valence-corrected chi connectivity index (χ4v) is 1.27. The van der Waals surface area contributed by atoms with Crippen LogP contribution in [0.1, 0.15) is 5.82 Å². The molecule has 0 bridgehead atoms. The maximum absolute atomic E-state index is 5.33. The maximum atomic E-state index is 5.33. The van der Waals surface area contributed by atoms with Crippen molar-refractivity contribution in [1.29, 1.82) is 0 Å². The van der Waals surface area contributed by atoms with Crippen molar-refractivity contribution in [2.45, 2.75) is 6.61 Å². The van der Waals surface area contributed by atoms with E-state index in [1.165, 1.54) is 0 Å². The number of nitrogens with two attached hydrogens (primary N) is 1. The average molecular weight is 220 g/mol. The molecule has 16 heavy (non-hydrogen) atoms. The summed E-state index contributed by atoms with van der Waals surface area (Å²) in [6.45, 7) is 0.323. The van der Waals surface area contributed by atoms with Gasteiger partial charge in [0.05, 0.1) is 0 Å². The minimum atomic E-state index is 0.323. The van der Waals surface area contributed by atoms with Gasteiger partial charge in [-0.15, -0.1) is 0 Å². The van der Waals surface area contributed by atoms with E-state index in [2.05, 4.69) is 20.5 Å². The summed E-state index contributed by atoms with van der Waals surface area (Å²) in [7, 11) is 1.58. The number of aromatic nitrogens is 4. The van der Waals surface area contributed by atoms with Gasteiger partial charge < -0.3 is 10.2 Å². The Labute approximate surface area is 92.2 Å². The summed E-state index contributed by atoms with van der Waals surface area (Å²) < 4.78 is 6.60. The zero-order valence-corrected chi connectivity index (χ0v) is 8.79. The van der Waals surface area contributed by atoms with Crippen LogP contribution in [0.15, 0.2) is 24.5 Å². The molecule has 3 N–H and O–H groups in total. The highest BCUT2D eigenvalue weighted by atomic mass is 16.5. The standard InChI is InChI=1S/C9H12N6O/c1-16-6-8-12-7(14-10)5-9(13-8)15-4-2-3-11-15/h2-5H,6,10H2,1H3,(H,12,13,14). The average Bonchev–Trinajstić information content (AvgIpc) is 2.82. The van der Waals surface area contributed by atoms with Crippen LogP contribution < -0.4 is 11.3 Å². The Bertz CT molecular complexity index is 455. The largest absolute Gasteiger partial charge is 0.377 e. The minimum Gasteiger partial charge on any atom is -0.377 e. The molecule has 0 unspecified atom stereocenters. The number of hydrogen-bond acceptors (Lipinski definition) is 6. The molecule has 2 rings (SSSR count). The predicted octanol–water partition coefficient (Wildman–Crippen LogP) is 0.0943. The van der Waals surface area contributed by atoms with Crippen LogP contribution in [0.5, 0.6) is 0 Å². The van der Waals surface area contributed by atoms with Crippen LogP contribution >= 0.6 is 0 Å². The SMILES string of the molecule is COCc1nc(NN)cc(-n2cccn2)n1. The Balaban J connectivity index is 2.41. The highest BCUT2D eigenvalue weighted by Crippen LogP contribution is 2.09. The van der Waals surface area contributed by atoms with Gasteiger partial charge in [-0.05, 0) is 6.07 Å². The Hall–Kier alpha value is -1.99. The Kier molecular flexibility index (Phi) is 3.08. The number of ether oxygens (including phenoxy) is 1. The van der Waals surface area contributed by atoms with Crippen LogP contribution in [0, 0.1) is 0 Å². The highest BCUT2D eigenvalue weighted by Gasteiger charge is 2.05. The molecule has 0 spiro atoms. The van der Waals surface area contributed by atoms with E-state index in [0.29, 0.717) is 24.1 Å². The van der Waals surface area contributed by atoms with Gasteiger partial charge in [0, 0.05) is 25.6 Å². The minimum absolute atomic E-state index is 0.323. The monoisotopic (exact) mass is 220 g/mol. The predicted molar refractivity (Wildman–Crippen MR) is 57.7 cm³/mol. The third-order valence-corrected chi connectivity index (χ3v) is 1.92. The van der Waals surface area contributed by atoms with Crippen molar-refractivity contribution in [2.75, 3.05) is 12.5 Å². The van der Waals surface area contributed by atoms with Gasteiger partial charge in [0.25, 0.3) is 0 Å². The first-order valence-electron chi connectivity index (χ1n) is 4.67. The second kappa shape index (κ2) is 4.69. The lowest BCUT2D eigenvalue weighted by atomic mass is 10.5. The first kappa shape index (κ1) is 10.5. The van der Waals surface area contributed by atoms with E-state index in [9.17, 15) is 0 Å². The first-order valence-corrected chi connectivity index (χ1v) is 4.67. The van der Waals surface area contributed by atoms with E-state index in [-0.39, 0.29) is 0 Å². The molecule has 0 aliphatic heterocycles. The fraction of sp³-hybridized carbons (Fsp3) is 0.222. The second-order valence-electron chi connectivity index (χ2n) is 3.06. The number of nitrogens with one attached hydrogen (secondary N) is 1. The lowest BCUT2D eigenvalue weighted by Crippen LogP contribution is -2.12. The van der Waals surface area contributed by atoms with E-state index in [0.717, 1.165) is 0 Å². The second-order valence-corrected chi connectivity index (χ2v) is 3.06. The molecule has 2 heterocycles. The number of methoxy groups -OCH3 is 1. The molecule has 7 nitrogen and oxygen atoms in total. The molecule has 7 heteroatoms. The van der Waals surface area contributed by atoms with Crippen LogP contribution in [0.4, 0.5) is 5.82 Å². The van der Waals surface area contributed by atoms with E-state index < -0.39 is 0 Å². The summed E-state index contributed by atoms with van der Waals surface area (Å²) in [5, 5.41) is 4.08. The molecular formula is C9H12N6O. The van der Waals surface area contributed by atoms with Crippen molar-refractivity contribution in [3.05, 3.63) is 30.4 Å². The lowest BCUT2D eigenvalue weighted by Gasteiger charge is -2.06. The van der Waals surface area contributed by atoms with Gasteiger partial charge in [-0.1, -0.05) is 0 Å². The van der Waals surface area contributed by atoms with Gasteiger partial charge in [0.15, 0.2) is 11.6 Å². The molecular weight excluding hydrogens is 208 g/mol. The molecule has 2 aromatic rings. The summed E-state index contributed by atoms with van der Waals surface area (Å²) >= 11 is 0. The van der Waals surface area contributed by atoms with Gasteiger partial charge in [-0.2, -0.15) is 5.10 Å². The van der Waals surface area contributed by atoms with Crippen LogP contribution in [-0.4, -0.2) is 26.9 Å². The molecule has 0 saturated heterocycles. The Morgan fingerprint density at radius 3 is 3.00 bits per heavy atom. The lowest BCUT2D eigenvalue weighted by molar-refractivity contribution is 0.178. The molecule has 84 valence electrons. The summed E-state index contributed by atoms with van der Waals surface area (Å²) in [5.41, 5.74) is 2.48. The topological polar surface area (TPSA) is 90.9 Å². The number of anilines is 1. The molecule has 0 aliphatic carbocycles. The van der Waals surface area contributed by atoms with Crippen LogP contribution in [0.25, 0.3) is 5.82 Å². The van der Waals surface area contributed by atoms with Crippen molar-refractivity contribution >= 4 is 5.82 Å². The fourth-order valence-electron chi connectivity index (χ4n) is 1.27. The van der Waals surface area contributed by atoms with Crippen molar-refractivity contribution < 1.29 is 4.74 Å². The van der Waals surface area contributed by atoms with Gasteiger partial charge in [0.1, 0.15) is 12.4 Å². The van der Waals surface area contributed by atoms with Crippen LogP contribution in [0.2, 0.25) is 0 Å². The van der Waals surface area contributed by atoms with Gasteiger partial charge in [0.2, 0.25) is 0 Å². The third-order valence-electron chi connectivity index (χ3n) is 1.92. The van der Waals surface area contributed by atoms with Crippen molar-refractivity contribution in [3.8, 4) is 5.82 Å². The highest BCUT2D eigenvalue weighted by molar-refractivity contribution is 5.40. The Morgan fingerprint density at radius 1 is 1.50 bits per heavy atom. The number of nitrogen functional groups attached to an aromatic ring is 1. The van der Waals surface area contributed by atoms with Gasteiger partial charge in [-0.3, -0.25) is 0 Å². The molecule has 0 fully saturated rings. The van der Waals surface area contributed by atoms with E-state index in [1.54, 1.807) is 30.3 Å². The molecule has 0 amide bonds. The molecule has 0 atom stereocenters. The zero-order chi connectivity index (χ0) is 11.4. The summed E-state index contributed by atoms with van der Waals surface area (Å²) in [6, 6.07) is 3.51.